The van der Waals surface area contributed by atoms with Gasteiger partial charge in [-0.05, 0) is 33.1 Å². The Balaban J connectivity index is 4.53. The van der Waals surface area contributed by atoms with E-state index in [1.54, 1.807) is 20.8 Å². The maximum Gasteiger partial charge on any atom is 0.333 e. The van der Waals surface area contributed by atoms with Crippen LogP contribution in [-0.4, -0.2) is 41.4 Å². The summed E-state index contributed by atoms with van der Waals surface area (Å²) in [6.45, 7) is 10.7. The lowest BCUT2D eigenvalue weighted by atomic mass is 9.88. The van der Waals surface area contributed by atoms with E-state index in [1.807, 2.05) is 0 Å². The molecule has 0 aliphatic carbocycles. The van der Waals surface area contributed by atoms with Gasteiger partial charge in [-0.15, -0.1) is 0 Å². The maximum atomic E-state index is 12.4. The Morgan fingerprint density at radius 2 is 1.36 bits per heavy atom. The number of nitrogens with two attached hydrogens (primary N) is 1. The Morgan fingerprint density at radius 3 is 1.73 bits per heavy atom. The molecule has 0 rings (SSSR count). The van der Waals surface area contributed by atoms with Crippen LogP contribution in [0.1, 0.15) is 124 Å². The molecule has 6 nitrogen and oxygen atoms in total. The van der Waals surface area contributed by atoms with Crippen molar-refractivity contribution in [2.75, 3.05) is 6.61 Å². The fourth-order valence-corrected chi connectivity index (χ4v) is 4.06. The molecule has 3 N–H and O–H groups in total. The highest BCUT2D eigenvalue weighted by molar-refractivity contribution is 5.89. The van der Waals surface area contributed by atoms with Gasteiger partial charge in [0.1, 0.15) is 6.10 Å². The second-order valence-electron chi connectivity index (χ2n) is 9.47. The summed E-state index contributed by atoms with van der Waals surface area (Å²) in [6.07, 6.45) is 15.2. The van der Waals surface area contributed by atoms with E-state index in [0.717, 1.165) is 19.3 Å². The summed E-state index contributed by atoms with van der Waals surface area (Å²) < 4.78 is 11.4. The Kier molecular flexibility index (Phi) is 18.2. The van der Waals surface area contributed by atoms with Crippen molar-refractivity contribution in [2.45, 2.75) is 142 Å². The van der Waals surface area contributed by atoms with Gasteiger partial charge in [0.2, 0.25) is 0 Å². The van der Waals surface area contributed by atoms with Crippen molar-refractivity contribution >= 4 is 11.9 Å². The van der Waals surface area contributed by atoms with Crippen LogP contribution in [0.25, 0.3) is 0 Å². The molecular formula is C27H51NO5. The number of hydrogen-bond acceptors (Lipinski definition) is 5. The largest absolute Gasteiger partial charge is 0.455 e. The molecule has 0 aliphatic heterocycles. The third-order valence-corrected chi connectivity index (χ3v) is 6.21. The van der Waals surface area contributed by atoms with Crippen molar-refractivity contribution in [3.8, 4) is 0 Å². The normalized spacial score (nSPS) is 14.9. The highest BCUT2D eigenvalue weighted by atomic mass is 16.6. The molecular weight excluding hydrogens is 418 g/mol. The molecule has 3 unspecified atom stereocenters. The minimum Gasteiger partial charge on any atom is -0.455 e. The number of unbranched alkanes of at least 4 members (excludes halogenated alkanes) is 12. The van der Waals surface area contributed by atoms with Gasteiger partial charge in [0.15, 0.2) is 5.60 Å². The van der Waals surface area contributed by atoms with Crippen LogP contribution in [0.15, 0.2) is 12.2 Å². The zero-order chi connectivity index (χ0) is 25.1. The van der Waals surface area contributed by atoms with E-state index >= 15 is 0 Å². The topological polar surface area (TPSA) is 98.8 Å². The summed E-state index contributed by atoms with van der Waals surface area (Å²) in [5.74, 6) is -1.24. The molecule has 0 aliphatic rings. The summed E-state index contributed by atoms with van der Waals surface area (Å²) in [5, 5.41) is 9.64. The monoisotopic (exact) mass is 469 g/mol. The highest BCUT2D eigenvalue weighted by Gasteiger charge is 2.46. The van der Waals surface area contributed by atoms with E-state index in [-0.39, 0.29) is 18.6 Å². The number of ether oxygens (including phenoxy) is 2. The minimum atomic E-state index is -1.46. The molecule has 0 spiro atoms. The van der Waals surface area contributed by atoms with E-state index in [9.17, 15) is 14.7 Å². The molecule has 3 atom stereocenters. The van der Waals surface area contributed by atoms with Crippen LogP contribution < -0.4 is 5.73 Å². The number of esters is 1. The fourth-order valence-electron chi connectivity index (χ4n) is 4.06. The zero-order valence-electron chi connectivity index (χ0n) is 21.8. The Morgan fingerprint density at radius 1 is 0.909 bits per heavy atom. The van der Waals surface area contributed by atoms with E-state index in [2.05, 4.69) is 13.5 Å². The van der Waals surface area contributed by atoms with Crippen molar-refractivity contribution in [3.05, 3.63) is 12.2 Å². The zero-order valence-corrected chi connectivity index (χ0v) is 21.8. The molecule has 0 heterocycles. The smallest absolute Gasteiger partial charge is 0.333 e. The fraction of sp³-hybridized carbons (Fsp3) is 0.852. The van der Waals surface area contributed by atoms with Gasteiger partial charge in [-0.2, -0.15) is 0 Å². The summed E-state index contributed by atoms with van der Waals surface area (Å²) in [7, 11) is 0. The number of hydrogen-bond donors (Lipinski definition) is 2. The van der Waals surface area contributed by atoms with Gasteiger partial charge in [-0.3, -0.25) is 4.79 Å². The van der Waals surface area contributed by atoms with Crippen LogP contribution in [0.5, 0.6) is 0 Å². The van der Waals surface area contributed by atoms with Gasteiger partial charge in [0, 0.05) is 5.57 Å². The molecule has 194 valence electrons. The Bertz CT molecular complexity index is 549. The molecule has 0 fully saturated rings. The average molecular weight is 470 g/mol. The van der Waals surface area contributed by atoms with Gasteiger partial charge < -0.3 is 20.3 Å². The summed E-state index contributed by atoms with van der Waals surface area (Å²) in [4.78, 5) is 24.6. The van der Waals surface area contributed by atoms with Gasteiger partial charge >= 0.3 is 5.97 Å². The molecule has 0 aromatic rings. The average Bonchev–Trinajstić information content (AvgIpc) is 2.76. The predicted octanol–water partition coefficient (Wildman–Crippen LogP) is 5.99. The van der Waals surface area contributed by atoms with Crippen molar-refractivity contribution in [2.24, 2.45) is 5.73 Å². The molecule has 33 heavy (non-hydrogen) atoms. The molecule has 0 saturated carbocycles. The molecule has 1 amide bonds. The molecule has 0 saturated heterocycles. The van der Waals surface area contributed by atoms with Crippen molar-refractivity contribution in [3.63, 3.8) is 0 Å². The van der Waals surface area contributed by atoms with E-state index in [0.29, 0.717) is 6.42 Å². The first-order valence-corrected chi connectivity index (χ1v) is 13.2. The van der Waals surface area contributed by atoms with Crippen molar-refractivity contribution in [1.29, 1.82) is 0 Å². The number of aliphatic hydroxyl groups excluding tert-OH is 1. The molecule has 0 aromatic carbocycles. The number of amides is 1. The number of carbonyl (C=O) groups is 2. The highest BCUT2D eigenvalue weighted by Crippen LogP contribution is 2.29. The van der Waals surface area contributed by atoms with Crippen LogP contribution in [0.4, 0.5) is 0 Å². The molecule has 0 bridgehead atoms. The first-order valence-electron chi connectivity index (χ1n) is 13.2. The predicted molar refractivity (Wildman–Crippen MR) is 135 cm³/mol. The molecule has 0 radical (unpaired) electrons. The van der Waals surface area contributed by atoms with Gasteiger partial charge in [0.25, 0.3) is 5.91 Å². The van der Waals surface area contributed by atoms with Crippen LogP contribution in [0.3, 0.4) is 0 Å². The van der Waals surface area contributed by atoms with Gasteiger partial charge in [0.05, 0.1) is 12.7 Å². The standard InChI is InChI=1S/C27H51NO5/c1-6-8-9-10-11-12-13-14-15-16-17-18-19-20-24(33-25(30)22(3)4)27(7-2,26(28)31)32-21-23(5)29/h23-24,29H,3,6-21H2,1-2,4-5H3,(H2,28,31). The third-order valence-electron chi connectivity index (χ3n) is 6.21. The van der Waals surface area contributed by atoms with Crippen LogP contribution in [-0.2, 0) is 19.1 Å². The first kappa shape index (κ1) is 31.6. The van der Waals surface area contributed by atoms with Crippen molar-refractivity contribution < 1.29 is 24.2 Å². The maximum absolute atomic E-state index is 12.4. The minimum absolute atomic E-state index is 0.0590. The summed E-state index contributed by atoms with van der Waals surface area (Å²) in [6, 6.07) is 0. The number of carbonyl (C=O) groups excluding carboxylic acids is 2. The van der Waals surface area contributed by atoms with E-state index < -0.39 is 29.7 Å². The van der Waals surface area contributed by atoms with Crippen LogP contribution >= 0.6 is 0 Å². The van der Waals surface area contributed by atoms with E-state index in [4.69, 9.17) is 15.2 Å². The van der Waals surface area contributed by atoms with E-state index in [1.165, 1.54) is 64.2 Å². The Labute approximate surface area is 202 Å². The second-order valence-corrected chi connectivity index (χ2v) is 9.47. The first-order chi connectivity index (χ1) is 15.7. The van der Waals surface area contributed by atoms with Gasteiger partial charge in [-0.25, -0.2) is 4.79 Å². The lowest BCUT2D eigenvalue weighted by molar-refractivity contribution is -0.184. The number of rotatable bonds is 22. The molecule has 0 aromatic heterocycles. The second kappa shape index (κ2) is 19.0. The quantitative estimate of drug-likeness (QED) is 0.115. The SMILES string of the molecule is C=C(C)C(=O)OC(CCCCCCCCCCCCCCC)C(CC)(OCC(C)O)C(N)=O. The lowest BCUT2D eigenvalue weighted by Crippen LogP contribution is -2.57. The Hall–Kier alpha value is -1.40. The van der Waals surface area contributed by atoms with Crippen LogP contribution in [0, 0.1) is 0 Å². The van der Waals surface area contributed by atoms with Crippen molar-refractivity contribution in [1.82, 2.24) is 0 Å². The third kappa shape index (κ3) is 13.8. The van der Waals surface area contributed by atoms with Crippen LogP contribution in [0.2, 0.25) is 0 Å². The molecule has 6 heteroatoms. The lowest BCUT2D eigenvalue weighted by Gasteiger charge is -2.37. The summed E-state index contributed by atoms with van der Waals surface area (Å²) in [5.41, 5.74) is 4.51. The number of aliphatic hydroxyl groups is 1. The summed E-state index contributed by atoms with van der Waals surface area (Å²) >= 11 is 0. The van der Waals surface area contributed by atoms with Gasteiger partial charge in [-0.1, -0.05) is 97.5 Å². The number of primary amides is 1.